The van der Waals surface area contributed by atoms with Crippen molar-refractivity contribution in [2.45, 2.75) is 31.3 Å². The molecule has 28 heavy (non-hydrogen) atoms. The van der Waals surface area contributed by atoms with E-state index in [9.17, 15) is 18.0 Å². The van der Waals surface area contributed by atoms with Gasteiger partial charge in [0.25, 0.3) is 10.0 Å². The number of amides is 1. The molecule has 0 fully saturated rings. The van der Waals surface area contributed by atoms with Crippen molar-refractivity contribution < 1.29 is 27.9 Å². The standard InChI is InChI=1S/C19H20N2O6S/c1-12(22)21-11-19(2,3)27-17-8-7-15(10-16(17)21)28(25,26)20-14-6-4-5-13(9-14)18(23)24/h4-10,20H,11H2,1-3H3,(H,23,24). The number of ether oxygens (including phenoxy) is 1. The molecule has 1 heterocycles. The van der Waals surface area contributed by atoms with Crippen molar-refractivity contribution in [1.82, 2.24) is 0 Å². The molecule has 1 aliphatic heterocycles. The fraction of sp³-hybridized carbons (Fsp3) is 0.263. The first kappa shape index (κ1) is 19.7. The van der Waals surface area contributed by atoms with Crippen LogP contribution in [0.1, 0.15) is 31.1 Å². The lowest BCUT2D eigenvalue weighted by Gasteiger charge is -2.39. The zero-order chi connectivity index (χ0) is 20.7. The van der Waals surface area contributed by atoms with Crippen LogP contribution in [0.25, 0.3) is 0 Å². The number of fused-ring (bicyclic) bond motifs is 1. The van der Waals surface area contributed by atoms with Gasteiger partial charge in [-0.15, -0.1) is 0 Å². The summed E-state index contributed by atoms with van der Waals surface area (Å²) in [4.78, 5) is 24.5. The minimum atomic E-state index is -4.00. The van der Waals surface area contributed by atoms with E-state index in [2.05, 4.69) is 4.72 Å². The Balaban J connectivity index is 1.98. The fourth-order valence-corrected chi connectivity index (χ4v) is 4.04. The van der Waals surface area contributed by atoms with Crippen molar-refractivity contribution >= 4 is 33.3 Å². The number of carbonyl (C=O) groups is 2. The molecule has 0 unspecified atom stereocenters. The van der Waals surface area contributed by atoms with Crippen molar-refractivity contribution in [3.05, 3.63) is 48.0 Å². The quantitative estimate of drug-likeness (QED) is 0.810. The number of aromatic carboxylic acids is 1. The Bertz CT molecular complexity index is 1060. The first-order chi connectivity index (χ1) is 13.0. The van der Waals surface area contributed by atoms with Crippen molar-refractivity contribution in [2.75, 3.05) is 16.2 Å². The van der Waals surface area contributed by atoms with Gasteiger partial charge in [0, 0.05) is 12.6 Å². The number of hydrogen-bond acceptors (Lipinski definition) is 5. The number of nitrogens with zero attached hydrogens (tertiary/aromatic N) is 1. The van der Waals surface area contributed by atoms with Crippen LogP contribution in [0.4, 0.5) is 11.4 Å². The molecule has 0 atom stereocenters. The topological polar surface area (TPSA) is 113 Å². The second kappa shape index (κ2) is 6.83. The fourth-order valence-electron chi connectivity index (χ4n) is 2.97. The SMILES string of the molecule is CC(=O)N1CC(C)(C)Oc2ccc(S(=O)(=O)Nc3cccc(C(=O)O)c3)cc21. The lowest BCUT2D eigenvalue weighted by molar-refractivity contribution is -0.117. The number of benzene rings is 2. The molecule has 2 aromatic carbocycles. The van der Waals surface area contributed by atoms with E-state index in [1.165, 1.54) is 54.3 Å². The largest absolute Gasteiger partial charge is 0.484 e. The van der Waals surface area contributed by atoms with Crippen LogP contribution in [0.2, 0.25) is 0 Å². The maximum atomic E-state index is 12.8. The molecule has 3 rings (SSSR count). The summed E-state index contributed by atoms with van der Waals surface area (Å²) in [6, 6.07) is 9.75. The van der Waals surface area contributed by atoms with Crippen molar-refractivity contribution in [1.29, 1.82) is 0 Å². The van der Waals surface area contributed by atoms with Crippen molar-refractivity contribution in [3.63, 3.8) is 0 Å². The minimum Gasteiger partial charge on any atom is -0.484 e. The summed E-state index contributed by atoms with van der Waals surface area (Å²) in [6.45, 7) is 5.37. The highest BCUT2D eigenvalue weighted by Crippen LogP contribution is 2.38. The number of anilines is 2. The van der Waals surface area contributed by atoms with E-state index in [0.29, 0.717) is 11.4 Å². The molecule has 0 bridgehead atoms. The van der Waals surface area contributed by atoms with E-state index in [-0.39, 0.29) is 28.6 Å². The van der Waals surface area contributed by atoms with E-state index >= 15 is 0 Å². The van der Waals surface area contributed by atoms with Gasteiger partial charge >= 0.3 is 5.97 Å². The molecular weight excluding hydrogens is 384 g/mol. The van der Waals surface area contributed by atoms with Crippen LogP contribution in [-0.4, -0.2) is 37.5 Å². The van der Waals surface area contributed by atoms with Gasteiger partial charge in [0.15, 0.2) is 0 Å². The van der Waals surface area contributed by atoms with Crippen LogP contribution in [0.5, 0.6) is 5.75 Å². The summed E-state index contributed by atoms with van der Waals surface area (Å²) in [5, 5.41) is 9.05. The number of sulfonamides is 1. The van der Waals surface area contributed by atoms with Crippen LogP contribution < -0.4 is 14.4 Å². The number of carboxylic acids is 1. The van der Waals surface area contributed by atoms with E-state index in [1.807, 2.05) is 13.8 Å². The number of nitrogens with one attached hydrogen (secondary N) is 1. The van der Waals surface area contributed by atoms with Crippen molar-refractivity contribution in [2.24, 2.45) is 0 Å². The number of rotatable bonds is 4. The summed E-state index contributed by atoms with van der Waals surface area (Å²) in [5.41, 5.74) is -0.148. The zero-order valence-corrected chi connectivity index (χ0v) is 16.4. The van der Waals surface area contributed by atoms with E-state index in [0.717, 1.165) is 0 Å². The molecule has 8 nitrogen and oxygen atoms in total. The molecule has 2 aromatic rings. The Morgan fingerprint density at radius 3 is 2.54 bits per heavy atom. The second-order valence-corrected chi connectivity index (χ2v) is 8.77. The van der Waals surface area contributed by atoms with Crippen LogP contribution in [0, 0.1) is 0 Å². The first-order valence-electron chi connectivity index (χ1n) is 8.46. The first-order valence-corrected chi connectivity index (χ1v) is 9.94. The molecule has 0 aliphatic carbocycles. The Morgan fingerprint density at radius 2 is 1.89 bits per heavy atom. The van der Waals surface area contributed by atoms with Gasteiger partial charge in [-0.3, -0.25) is 9.52 Å². The summed E-state index contributed by atoms with van der Waals surface area (Å²) in [7, 11) is -4.00. The molecule has 1 aliphatic rings. The average Bonchev–Trinajstić information content (AvgIpc) is 2.59. The maximum Gasteiger partial charge on any atom is 0.335 e. The number of carboxylic acid groups (broad SMARTS) is 1. The van der Waals surface area contributed by atoms with E-state index in [4.69, 9.17) is 9.84 Å². The molecule has 9 heteroatoms. The molecule has 148 valence electrons. The Morgan fingerprint density at radius 1 is 1.18 bits per heavy atom. The molecule has 0 radical (unpaired) electrons. The Kier molecular flexibility index (Phi) is 4.80. The Labute approximate surface area is 162 Å². The highest BCUT2D eigenvalue weighted by atomic mass is 32.2. The maximum absolute atomic E-state index is 12.8. The molecule has 0 aromatic heterocycles. The third kappa shape index (κ3) is 3.94. The van der Waals surface area contributed by atoms with E-state index in [1.54, 1.807) is 0 Å². The normalized spacial score (nSPS) is 15.3. The molecule has 0 saturated heterocycles. The van der Waals surface area contributed by atoms with Gasteiger partial charge in [-0.05, 0) is 50.2 Å². The minimum absolute atomic E-state index is 0.0379. The predicted octanol–water partition coefficient (Wildman–Crippen LogP) is 2.71. The van der Waals surface area contributed by atoms with Crippen LogP contribution in [0.3, 0.4) is 0 Å². The summed E-state index contributed by atoms with van der Waals surface area (Å²) < 4.78 is 33.8. The van der Waals surface area contributed by atoms with Crippen LogP contribution in [0.15, 0.2) is 47.4 Å². The summed E-state index contributed by atoms with van der Waals surface area (Å²) >= 11 is 0. The smallest absolute Gasteiger partial charge is 0.335 e. The van der Waals surface area contributed by atoms with E-state index < -0.39 is 21.6 Å². The highest BCUT2D eigenvalue weighted by molar-refractivity contribution is 7.92. The summed E-state index contributed by atoms with van der Waals surface area (Å²) in [6.07, 6.45) is 0. The summed E-state index contributed by atoms with van der Waals surface area (Å²) in [5.74, 6) is -0.973. The third-order valence-electron chi connectivity index (χ3n) is 4.20. The lowest BCUT2D eigenvalue weighted by atomic mass is 10.1. The Hall–Kier alpha value is -3.07. The monoisotopic (exact) mass is 404 g/mol. The van der Waals surface area contributed by atoms with Crippen molar-refractivity contribution in [3.8, 4) is 5.75 Å². The van der Waals surface area contributed by atoms with Gasteiger partial charge in [0.05, 0.1) is 22.7 Å². The molecular formula is C19H20N2O6S. The lowest BCUT2D eigenvalue weighted by Crippen LogP contribution is -2.48. The average molecular weight is 404 g/mol. The van der Waals surface area contributed by atoms with Gasteiger partial charge < -0.3 is 14.7 Å². The van der Waals surface area contributed by atoms with Gasteiger partial charge in [0.2, 0.25) is 5.91 Å². The third-order valence-corrected chi connectivity index (χ3v) is 5.58. The molecule has 0 spiro atoms. The number of hydrogen-bond donors (Lipinski definition) is 2. The molecule has 1 amide bonds. The highest BCUT2D eigenvalue weighted by Gasteiger charge is 2.34. The second-order valence-electron chi connectivity index (χ2n) is 7.09. The predicted molar refractivity (Wildman–Crippen MR) is 103 cm³/mol. The van der Waals surface area contributed by atoms with Crippen LogP contribution >= 0.6 is 0 Å². The van der Waals surface area contributed by atoms with Gasteiger partial charge in [-0.2, -0.15) is 0 Å². The molecule has 0 saturated carbocycles. The number of carbonyl (C=O) groups excluding carboxylic acids is 1. The van der Waals surface area contributed by atoms with Gasteiger partial charge in [-0.25, -0.2) is 13.2 Å². The van der Waals surface area contributed by atoms with Gasteiger partial charge in [-0.1, -0.05) is 6.07 Å². The zero-order valence-electron chi connectivity index (χ0n) is 15.6. The van der Waals surface area contributed by atoms with Crippen LogP contribution in [-0.2, 0) is 14.8 Å². The van der Waals surface area contributed by atoms with Gasteiger partial charge in [0.1, 0.15) is 11.4 Å². The molecule has 2 N–H and O–H groups in total.